The Kier molecular flexibility index (Phi) is 6.10. The Morgan fingerprint density at radius 2 is 1.76 bits per heavy atom. The van der Waals surface area contributed by atoms with Gasteiger partial charge in [0, 0.05) is 18.3 Å². The second-order valence-electron chi connectivity index (χ2n) is 6.73. The first-order chi connectivity index (χ1) is 10.1. The number of rotatable bonds is 6. The molecule has 1 aliphatic carbocycles. The highest BCUT2D eigenvalue weighted by Gasteiger charge is 2.24. The molecule has 0 bridgehead atoms. The zero-order chi connectivity index (χ0) is 15.2. The lowest BCUT2D eigenvalue weighted by Gasteiger charge is -2.33. The molecule has 1 aromatic rings. The molecule has 0 spiro atoms. The van der Waals surface area contributed by atoms with Gasteiger partial charge in [-0.1, -0.05) is 45.9 Å². The number of hydrogen-bond acceptors (Lipinski definition) is 2. The van der Waals surface area contributed by atoms with E-state index in [2.05, 4.69) is 62.2 Å². The van der Waals surface area contributed by atoms with Gasteiger partial charge in [0.1, 0.15) is 0 Å². The van der Waals surface area contributed by atoms with Crippen molar-refractivity contribution in [2.45, 2.75) is 59.5 Å². The van der Waals surface area contributed by atoms with Crippen LogP contribution >= 0.6 is 0 Å². The van der Waals surface area contributed by atoms with E-state index in [1.54, 1.807) is 0 Å². The Morgan fingerprint density at radius 1 is 1.05 bits per heavy atom. The fraction of sp³-hybridized carbons (Fsp3) is 0.684. The van der Waals surface area contributed by atoms with Crippen molar-refractivity contribution < 1.29 is 0 Å². The van der Waals surface area contributed by atoms with Crippen LogP contribution in [0.4, 0.5) is 5.69 Å². The summed E-state index contributed by atoms with van der Waals surface area (Å²) in [7, 11) is 0. The third-order valence-corrected chi connectivity index (χ3v) is 5.26. The second kappa shape index (κ2) is 7.84. The van der Waals surface area contributed by atoms with Crippen LogP contribution in [0.3, 0.4) is 0 Å². The number of para-hydroxylation sites is 1. The Morgan fingerprint density at radius 3 is 2.43 bits per heavy atom. The molecule has 2 heteroatoms. The molecule has 1 N–H and O–H groups in total. The molecule has 0 amide bonds. The lowest BCUT2D eigenvalue weighted by atomic mass is 9.79. The van der Waals surface area contributed by atoms with Gasteiger partial charge in [-0.15, -0.1) is 0 Å². The number of anilines is 1. The Hall–Kier alpha value is -1.02. The summed E-state index contributed by atoms with van der Waals surface area (Å²) in [6, 6.07) is 9.49. The Labute approximate surface area is 130 Å². The number of hydrogen-bond donors (Lipinski definition) is 1. The van der Waals surface area contributed by atoms with Crippen molar-refractivity contribution >= 4 is 5.69 Å². The van der Waals surface area contributed by atoms with Crippen LogP contribution < -0.4 is 5.32 Å². The van der Waals surface area contributed by atoms with Crippen LogP contribution in [0.15, 0.2) is 24.3 Å². The standard InChI is InChI=1S/C19H32N2/c1-5-21(6-2)14-17-9-7-8-10-19(17)20-18-12-11-15(3)16(4)13-18/h7-10,15-16,18,20H,5-6,11-14H2,1-4H3. The molecule has 1 aliphatic rings. The van der Waals surface area contributed by atoms with Crippen molar-refractivity contribution in [3.8, 4) is 0 Å². The van der Waals surface area contributed by atoms with Crippen LogP contribution in [0.2, 0.25) is 0 Å². The third-order valence-electron chi connectivity index (χ3n) is 5.26. The van der Waals surface area contributed by atoms with Crippen molar-refractivity contribution in [3.63, 3.8) is 0 Å². The molecule has 2 rings (SSSR count). The van der Waals surface area contributed by atoms with E-state index in [0.717, 1.165) is 31.5 Å². The van der Waals surface area contributed by atoms with E-state index in [1.807, 2.05) is 0 Å². The zero-order valence-corrected chi connectivity index (χ0v) is 14.2. The van der Waals surface area contributed by atoms with Crippen LogP contribution in [-0.4, -0.2) is 24.0 Å². The first kappa shape index (κ1) is 16.4. The smallest absolute Gasteiger partial charge is 0.0388 e. The van der Waals surface area contributed by atoms with Crippen molar-refractivity contribution in [1.29, 1.82) is 0 Å². The van der Waals surface area contributed by atoms with Crippen molar-refractivity contribution in [1.82, 2.24) is 4.90 Å². The maximum absolute atomic E-state index is 3.83. The van der Waals surface area contributed by atoms with Crippen molar-refractivity contribution in [2.24, 2.45) is 11.8 Å². The molecule has 0 aromatic heterocycles. The number of nitrogens with zero attached hydrogens (tertiary/aromatic N) is 1. The molecule has 3 atom stereocenters. The maximum Gasteiger partial charge on any atom is 0.0388 e. The van der Waals surface area contributed by atoms with Gasteiger partial charge < -0.3 is 5.32 Å². The quantitative estimate of drug-likeness (QED) is 0.811. The zero-order valence-electron chi connectivity index (χ0n) is 14.2. The average Bonchev–Trinajstić information content (AvgIpc) is 2.50. The lowest BCUT2D eigenvalue weighted by molar-refractivity contribution is 0.260. The second-order valence-corrected chi connectivity index (χ2v) is 6.73. The predicted molar refractivity (Wildman–Crippen MR) is 92.7 cm³/mol. The molecule has 1 saturated carbocycles. The molecule has 0 saturated heterocycles. The molecule has 1 fully saturated rings. The van der Waals surface area contributed by atoms with Gasteiger partial charge in [0.2, 0.25) is 0 Å². The predicted octanol–water partition coefficient (Wildman–Crippen LogP) is 4.77. The van der Waals surface area contributed by atoms with Gasteiger partial charge in [0.25, 0.3) is 0 Å². The average molecular weight is 288 g/mol. The van der Waals surface area contributed by atoms with Crippen LogP contribution in [0.1, 0.15) is 52.5 Å². The van der Waals surface area contributed by atoms with E-state index >= 15 is 0 Å². The largest absolute Gasteiger partial charge is 0.382 e. The van der Waals surface area contributed by atoms with Crippen LogP contribution in [0.5, 0.6) is 0 Å². The topological polar surface area (TPSA) is 15.3 Å². The molecule has 0 aliphatic heterocycles. The van der Waals surface area contributed by atoms with E-state index in [0.29, 0.717) is 6.04 Å². The summed E-state index contributed by atoms with van der Waals surface area (Å²) < 4.78 is 0. The minimum absolute atomic E-state index is 0.647. The Balaban J connectivity index is 2.03. The normalized spacial score (nSPS) is 26.0. The molecular formula is C19H32N2. The van der Waals surface area contributed by atoms with Crippen LogP contribution in [0.25, 0.3) is 0 Å². The highest BCUT2D eigenvalue weighted by Crippen LogP contribution is 2.31. The summed E-state index contributed by atoms with van der Waals surface area (Å²) in [5.74, 6) is 1.72. The highest BCUT2D eigenvalue weighted by molar-refractivity contribution is 5.51. The fourth-order valence-corrected chi connectivity index (χ4v) is 3.39. The minimum atomic E-state index is 0.647. The minimum Gasteiger partial charge on any atom is -0.382 e. The molecule has 0 radical (unpaired) electrons. The van der Waals surface area contributed by atoms with Gasteiger partial charge in [-0.25, -0.2) is 0 Å². The summed E-state index contributed by atoms with van der Waals surface area (Å²) in [6.07, 6.45) is 3.98. The first-order valence-corrected chi connectivity index (χ1v) is 8.70. The summed E-state index contributed by atoms with van der Waals surface area (Å²) in [6.45, 7) is 12.6. The van der Waals surface area contributed by atoms with E-state index < -0.39 is 0 Å². The maximum atomic E-state index is 3.83. The lowest BCUT2D eigenvalue weighted by Crippen LogP contribution is -2.31. The summed E-state index contributed by atoms with van der Waals surface area (Å²) in [4.78, 5) is 2.48. The first-order valence-electron chi connectivity index (χ1n) is 8.70. The van der Waals surface area contributed by atoms with Crippen LogP contribution in [0, 0.1) is 11.8 Å². The molecule has 3 unspecified atom stereocenters. The molecule has 1 aromatic carbocycles. The molecular weight excluding hydrogens is 256 g/mol. The van der Waals surface area contributed by atoms with Crippen LogP contribution in [-0.2, 0) is 6.54 Å². The van der Waals surface area contributed by atoms with E-state index in [9.17, 15) is 0 Å². The molecule has 21 heavy (non-hydrogen) atoms. The molecule has 2 nitrogen and oxygen atoms in total. The van der Waals surface area contributed by atoms with E-state index in [-0.39, 0.29) is 0 Å². The summed E-state index contributed by atoms with van der Waals surface area (Å²) >= 11 is 0. The van der Waals surface area contributed by atoms with Gasteiger partial charge in [0.15, 0.2) is 0 Å². The number of nitrogens with one attached hydrogen (secondary N) is 1. The SMILES string of the molecule is CCN(CC)Cc1ccccc1NC1CCC(C)C(C)C1. The van der Waals surface area contributed by atoms with E-state index in [1.165, 1.54) is 30.5 Å². The highest BCUT2D eigenvalue weighted by atomic mass is 15.1. The van der Waals surface area contributed by atoms with Crippen molar-refractivity contribution in [2.75, 3.05) is 18.4 Å². The number of benzene rings is 1. The van der Waals surface area contributed by atoms with Gasteiger partial charge in [-0.05, 0) is 55.8 Å². The third kappa shape index (κ3) is 4.47. The summed E-state index contributed by atoms with van der Waals surface area (Å²) in [5, 5.41) is 3.83. The fourth-order valence-electron chi connectivity index (χ4n) is 3.39. The van der Waals surface area contributed by atoms with Gasteiger partial charge in [-0.3, -0.25) is 4.90 Å². The van der Waals surface area contributed by atoms with Gasteiger partial charge in [-0.2, -0.15) is 0 Å². The molecule has 0 heterocycles. The monoisotopic (exact) mass is 288 g/mol. The van der Waals surface area contributed by atoms with Crippen molar-refractivity contribution in [3.05, 3.63) is 29.8 Å². The van der Waals surface area contributed by atoms with Gasteiger partial charge >= 0.3 is 0 Å². The van der Waals surface area contributed by atoms with Gasteiger partial charge in [0.05, 0.1) is 0 Å². The summed E-state index contributed by atoms with van der Waals surface area (Å²) in [5.41, 5.74) is 2.78. The Bertz CT molecular complexity index is 425. The van der Waals surface area contributed by atoms with E-state index in [4.69, 9.17) is 0 Å². The molecule has 118 valence electrons.